The minimum Gasteiger partial charge on any atom is -0.134 e. The molecule has 0 N–H and O–H groups in total. The number of halogens is 1. The van der Waals surface area contributed by atoms with Gasteiger partial charge in [0.25, 0.3) is 0 Å². The van der Waals surface area contributed by atoms with Gasteiger partial charge in [0.05, 0.1) is 4.34 Å². The van der Waals surface area contributed by atoms with Crippen LogP contribution >= 0.6 is 45.6 Å². The summed E-state index contributed by atoms with van der Waals surface area (Å²) in [7, 11) is 0. The minimum absolute atomic E-state index is 0.832. The molecule has 0 fully saturated rings. The Bertz CT molecular complexity index is 1530. The van der Waals surface area contributed by atoms with Crippen LogP contribution in [-0.4, -0.2) is 0 Å². The van der Waals surface area contributed by atoms with Gasteiger partial charge in [0, 0.05) is 24.4 Å². The summed E-state index contributed by atoms with van der Waals surface area (Å²) < 4.78 is 0.832. The lowest BCUT2D eigenvalue weighted by Gasteiger charge is -2.06. The Kier molecular flexibility index (Phi) is 5.94. The zero-order valence-corrected chi connectivity index (χ0v) is 21.3. The fraction of sp³-hybridized carbons (Fsp3) is 0. The fourth-order valence-corrected chi connectivity index (χ4v) is 7.23. The van der Waals surface area contributed by atoms with Crippen LogP contribution in [-0.2, 0) is 0 Å². The van der Waals surface area contributed by atoms with Crippen molar-refractivity contribution in [3.05, 3.63) is 120 Å². The second kappa shape index (κ2) is 9.36. The molecule has 0 saturated heterocycles. The monoisotopic (exact) mass is 510 g/mol. The average molecular weight is 511 g/mol. The second-order valence-corrected chi connectivity index (χ2v) is 11.8. The Morgan fingerprint density at radius 1 is 0.324 bits per heavy atom. The van der Waals surface area contributed by atoms with Gasteiger partial charge in [-0.25, -0.2) is 0 Å². The molecule has 6 rings (SSSR count). The zero-order chi connectivity index (χ0) is 22.9. The fourth-order valence-electron chi connectivity index (χ4n) is 3.99. The molecule has 3 aromatic carbocycles. The normalized spacial score (nSPS) is 11.1. The molecule has 0 unspecified atom stereocenters. The van der Waals surface area contributed by atoms with Crippen LogP contribution in [0.3, 0.4) is 0 Å². The van der Waals surface area contributed by atoms with Crippen LogP contribution in [0.5, 0.6) is 0 Å². The van der Waals surface area contributed by atoms with E-state index in [2.05, 4.69) is 109 Å². The number of hydrogen-bond acceptors (Lipinski definition) is 3. The highest BCUT2D eigenvalue weighted by atomic mass is 35.5. The van der Waals surface area contributed by atoms with Crippen LogP contribution in [0.15, 0.2) is 115 Å². The topological polar surface area (TPSA) is 0 Å². The Hall–Kier alpha value is -2.95. The van der Waals surface area contributed by atoms with Crippen molar-refractivity contribution in [3.63, 3.8) is 0 Å². The van der Waals surface area contributed by atoms with E-state index < -0.39 is 0 Å². The van der Waals surface area contributed by atoms with Crippen molar-refractivity contribution in [2.24, 2.45) is 0 Å². The van der Waals surface area contributed by atoms with Gasteiger partial charge in [-0.1, -0.05) is 90.5 Å². The van der Waals surface area contributed by atoms with Crippen LogP contribution in [0.1, 0.15) is 0 Å². The zero-order valence-electron chi connectivity index (χ0n) is 18.1. The largest absolute Gasteiger partial charge is 0.134 e. The molecule has 0 spiro atoms. The van der Waals surface area contributed by atoms with Crippen LogP contribution < -0.4 is 0 Å². The molecule has 0 aliphatic rings. The van der Waals surface area contributed by atoms with Gasteiger partial charge < -0.3 is 0 Å². The van der Waals surface area contributed by atoms with Crippen molar-refractivity contribution in [2.75, 3.05) is 0 Å². The van der Waals surface area contributed by atoms with Crippen LogP contribution in [0.2, 0.25) is 4.34 Å². The van der Waals surface area contributed by atoms with Gasteiger partial charge in [0.15, 0.2) is 0 Å². The molecule has 0 nitrogen and oxygen atoms in total. The summed E-state index contributed by atoms with van der Waals surface area (Å²) in [5.74, 6) is 0. The minimum atomic E-state index is 0.832. The van der Waals surface area contributed by atoms with Gasteiger partial charge in [0.2, 0.25) is 0 Å². The van der Waals surface area contributed by atoms with E-state index in [0.29, 0.717) is 0 Å². The molecule has 0 aliphatic heterocycles. The highest BCUT2D eigenvalue weighted by Gasteiger charge is 2.10. The van der Waals surface area contributed by atoms with Crippen LogP contribution in [0.4, 0.5) is 0 Å². The lowest BCUT2D eigenvalue weighted by atomic mass is 9.99. The highest BCUT2D eigenvalue weighted by molar-refractivity contribution is 7.28. The van der Waals surface area contributed by atoms with Crippen molar-refractivity contribution in [1.29, 1.82) is 0 Å². The summed E-state index contributed by atoms with van der Waals surface area (Å²) in [5.41, 5.74) is 6.21. The second-order valence-electron chi connectivity index (χ2n) is 7.95. The molecule has 164 valence electrons. The number of thiophene rings is 3. The molecule has 0 bridgehead atoms. The molecule has 0 amide bonds. The molecule has 0 radical (unpaired) electrons. The SMILES string of the molecule is Clc1ccc(-c2ccc(-c3ccc(-c4ccc(-c5ccc(-c6ccccc6)cc5)cc4)s3)s2)s1. The molecule has 0 atom stereocenters. The van der Waals surface area contributed by atoms with Gasteiger partial charge >= 0.3 is 0 Å². The summed E-state index contributed by atoms with van der Waals surface area (Å²) in [6.07, 6.45) is 0. The molecule has 3 heterocycles. The maximum atomic E-state index is 6.11. The third kappa shape index (κ3) is 4.40. The van der Waals surface area contributed by atoms with E-state index in [1.807, 2.05) is 28.7 Å². The Balaban J connectivity index is 1.20. The lowest BCUT2D eigenvalue weighted by Crippen LogP contribution is -1.81. The average Bonchev–Trinajstić information content (AvgIpc) is 3.65. The van der Waals surface area contributed by atoms with Crippen LogP contribution in [0, 0.1) is 0 Å². The predicted molar refractivity (Wildman–Crippen MR) is 152 cm³/mol. The van der Waals surface area contributed by atoms with Crippen molar-refractivity contribution >= 4 is 45.6 Å². The molecule has 0 aliphatic carbocycles. The molecule has 34 heavy (non-hydrogen) atoms. The van der Waals surface area contributed by atoms with Crippen LogP contribution in [0.25, 0.3) is 52.2 Å². The summed E-state index contributed by atoms with van der Waals surface area (Å²) in [6.45, 7) is 0. The molecule has 4 heteroatoms. The maximum Gasteiger partial charge on any atom is 0.0935 e. The Labute approximate surface area is 216 Å². The van der Waals surface area contributed by atoms with E-state index in [1.165, 1.54) is 52.2 Å². The highest BCUT2D eigenvalue weighted by Crippen LogP contribution is 2.42. The van der Waals surface area contributed by atoms with Gasteiger partial charge in [0.1, 0.15) is 0 Å². The van der Waals surface area contributed by atoms with Gasteiger partial charge in [-0.05, 0) is 64.2 Å². The van der Waals surface area contributed by atoms with E-state index in [4.69, 9.17) is 11.6 Å². The van der Waals surface area contributed by atoms with Crippen molar-refractivity contribution in [1.82, 2.24) is 0 Å². The first-order valence-electron chi connectivity index (χ1n) is 10.9. The maximum absolute atomic E-state index is 6.11. The van der Waals surface area contributed by atoms with Gasteiger partial charge in [-0.2, -0.15) is 0 Å². The third-order valence-electron chi connectivity index (χ3n) is 5.77. The molecule has 0 saturated carbocycles. The first-order chi connectivity index (χ1) is 16.7. The summed E-state index contributed by atoms with van der Waals surface area (Å²) in [4.78, 5) is 6.38. The van der Waals surface area contributed by atoms with Gasteiger partial charge in [-0.3, -0.25) is 0 Å². The quantitative estimate of drug-likeness (QED) is 0.216. The Morgan fingerprint density at radius 2 is 0.706 bits per heavy atom. The Morgan fingerprint density at radius 3 is 1.21 bits per heavy atom. The molecule has 3 aromatic heterocycles. The number of rotatable bonds is 5. The van der Waals surface area contributed by atoms with Crippen molar-refractivity contribution in [3.8, 4) is 52.2 Å². The predicted octanol–water partition coefficient (Wildman–Crippen LogP) is 10.9. The molecular formula is C30H19ClS3. The van der Waals surface area contributed by atoms with Gasteiger partial charge in [-0.15, -0.1) is 34.0 Å². The smallest absolute Gasteiger partial charge is 0.0935 e. The van der Waals surface area contributed by atoms with E-state index >= 15 is 0 Å². The summed E-state index contributed by atoms with van der Waals surface area (Å²) in [6, 6.07) is 41.1. The molecule has 6 aromatic rings. The standard InChI is InChI=1S/C30H19ClS3/c31-30-19-18-29(34-30)28-17-16-27(33-28)26-15-14-25(32-26)24-12-10-23(11-13-24)22-8-6-21(7-9-22)20-4-2-1-3-5-20/h1-19H. The van der Waals surface area contributed by atoms with Crippen molar-refractivity contribution < 1.29 is 0 Å². The first kappa shape index (κ1) is 21.6. The summed E-state index contributed by atoms with van der Waals surface area (Å²) >= 11 is 11.4. The van der Waals surface area contributed by atoms with Crippen molar-refractivity contribution in [2.45, 2.75) is 0 Å². The lowest BCUT2D eigenvalue weighted by molar-refractivity contribution is 1.59. The third-order valence-corrected chi connectivity index (χ3v) is 9.61. The van der Waals surface area contributed by atoms with E-state index in [1.54, 1.807) is 11.3 Å². The van der Waals surface area contributed by atoms with E-state index in [9.17, 15) is 0 Å². The number of benzene rings is 3. The van der Waals surface area contributed by atoms with E-state index in [0.717, 1.165) is 4.34 Å². The first-order valence-corrected chi connectivity index (χ1v) is 13.8. The molecular weight excluding hydrogens is 492 g/mol. The number of hydrogen-bond donors (Lipinski definition) is 0. The summed E-state index contributed by atoms with van der Waals surface area (Å²) in [5, 5.41) is 0. The van der Waals surface area contributed by atoms with E-state index in [-0.39, 0.29) is 0 Å².